The van der Waals surface area contributed by atoms with E-state index in [1.807, 2.05) is 13.0 Å². The van der Waals surface area contributed by atoms with Crippen molar-refractivity contribution in [2.75, 3.05) is 6.54 Å². The monoisotopic (exact) mass is 167 g/mol. The Morgan fingerprint density at radius 2 is 1.92 bits per heavy atom. The van der Waals surface area contributed by atoms with E-state index in [0.717, 1.165) is 12.8 Å². The Hall–Kier alpha value is -0.920. The summed E-state index contributed by atoms with van der Waals surface area (Å²) in [6.45, 7) is 6.52. The number of nitrogens with zero attached hydrogens (tertiary/aromatic N) is 1. The van der Waals surface area contributed by atoms with E-state index in [-0.39, 0.29) is 0 Å². The fraction of sp³-hybridized carbons (Fsp3) is 0.600. The molecule has 0 N–H and O–H groups in total. The molecule has 0 aromatic rings. The van der Waals surface area contributed by atoms with Crippen molar-refractivity contribution in [3.05, 3.63) is 28.2 Å². The van der Waals surface area contributed by atoms with Crippen molar-refractivity contribution in [1.29, 1.82) is 0 Å². The Bertz CT molecular complexity index is 188. The van der Waals surface area contributed by atoms with Crippen LogP contribution < -0.4 is 0 Å². The van der Waals surface area contributed by atoms with Crippen molar-refractivity contribution in [3.8, 4) is 0 Å². The zero-order valence-electron chi connectivity index (χ0n) is 8.13. The lowest BCUT2D eigenvalue weighted by molar-refractivity contribution is 0.956. The quantitative estimate of drug-likeness (QED) is 0.455. The molecule has 0 fully saturated rings. The molecule has 0 spiro atoms. The second-order valence-electron chi connectivity index (χ2n) is 3.18. The third kappa shape index (κ3) is 7.19. The Labute approximate surface area is 74.3 Å². The third-order valence-electron chi connectivity index (χ3n) is 1.61. The maximum Gasteiger partial charge on any atom is 0.0994 e. The largest absolute Gasteiger partial charge is 0.150 e. The smallest absolute Gasteiger partial charge is 0.0994 e. The maximum atomic E-state index is 9.78. The zero-order chi connectivity index (χ0) is 9.40. The molecule has 0 aliphatic rings. The summed E-state index contributed by atoms with van der Waals surface area (Å²) in [4.78, 5) is 9.78. The highest BCUT2D eigenvalue weighted by molar-refractivity contribution is 5.02. The van der Waals surface area contributed by atoms with E-state index in [0.29, 0.717) is 6.54 Å². The van der Waals surface area contributed by atoms with Gasteiger partial charge in [-0.15, -0.1) is 0 Å². The molecule has 0 aliphatic carbocycles. The van der Waals surface area contributed by atoms with Crippen molar-refractivity contribution in [2.45, 2.75) is 33.6 Å². The van der Waals surface area contributed by atoms with Gasteiger partial charge >= 0.3 is 0 Å². The van der Waals surface area contributed by atoms with Crippen molar-refractivity contribution in [1.82, 2.24) is 0 Å². The fourth-order valence-electron chi connectivity index (χ4n) is 0.884. The molecular weight excluding hydrogens is 150 g/mol. The SMILES string of the molecule is CC(C)=CCC/C(C)=C\CN=O. The van der Waals surface area contributed by atoms with Gasteiger partial charge in [-0.3, -0.25) is 0 Å². The molecule has 0 saturated carbocycles. The topological polar surface area (TPSA) is 29.4 Å². The van der Waals surface area contributed by atoms with Gasteiger partial charge in [-0.25, -0.2) is 0 Å². The lowest BCUT2D eigenvalue weighted by Crippen LogP contribution is -1.79. The Kier molecular flexibility index (Phi) is 6.25. The minimum Gasteiger partial charge on any atom is -0.150 e. The molecule has 0 bridgehead atoms. The first kappa shape index (κ1) is 11.1. The number of hydrogen-bond acceptors (Lipinski definition) is 2. The molecule has 12 heavy (non-hydrogen) atoms. The highest BCUT2D eigenvalue weighted by atomic mass is 16.3. The predicted molar refractivity (Wildman–Crippen MR) is 53.1 cm³/mol. The molecule has 0 atom stereocenters. The summed E-state index contributed by atoms with van der Waals surface area (Å²) in [5.74, 6) is 0. The van der Waals surface area contributed by atoms with E-state index in [1.165, 1.54) is 11.1 Å². The standard InChI is InChI=1S/C10H17NO/c1-9(2)5-4-6-10(3)7-8-11-12/h5,7H,4,6,8H2,1-3H3/b10-7-. The molecule has 0 amide bonds. The summed E-state index contributed by atoms with van der Waals surface area (Å²) in [6, 6.07) is 0. The van der Waals surface area contributed by atoms with Crippen molar-refractivity contribution in [2.24, 2.45) is 5.18 Å². The highest BCUT2D eigenvalue weighted by Crippen LogP contribution is 2.05. The number of hydrogen-bond donors (Lipinski definition) is 0. The second-order valence-corrected chi connectivity index (χ2v) is 3.18. The lowest BCUT2D eigenvalue weighted by Gasteiger charge is -1.96. The summed E-state index contributed by atoms with van der Waals surface area (Å²) < 4.78 is 0. The van der Waals surface area contributed by atoms with Crippen LogP contribution in [0, 0.1) is 4.91 Å². The van der Waals surface area contributed by atoms with Gasteiger partial charge in [-0.2, -0.15) is 4.91 Å². The van der Waals surface area contributed by atoms with E-state index in [4.69, 9.17) is 0 Å². The summed E-state index contributed by atoms with van der Waals surface area (Å²) in [5.41, 5.74) is 2.59. The van der Waals surface area contributed by atoms with Crippen LogP contribution in [0.25, 0.3) is 0 Å². The summed E-state index contributed by atoms with van der Waals surface area (Å²) >= 11 is 0. The van der Waals surface area contributed by atoms with Crippen LogP contribution in [0.2, 0.25) is 0 Å². The first-order valence-electron chi connectivity index (χ1n) is 4.25. The molecule has 2 heteroatoms. The normalized spacial score (nSPS) is 11.1. The van der Waals surface area contributed by atoms with Crippen LogP contribution in [0.4, 0.5) is 0 Å². The molecule has 0 saturated heterocycles. The minimum atomic E-state index is 0.306. The summed E-state index contributed by atoms with van der Waals surface area (Å²) in [6.07, 6.45) is 6.17. The van der Waals surface area contributed by atoms with E-state index in [1.54, 1.807) is 0 Å². The average Bonchev–Trinajstić information content (AvgIpc) is 2.00. The van der Waals surface area contributed by atoms with Gasteiger partial charge in [0.1, 0.15) is 0 Å². The van der Waals surface area contributed by atoms with Crippen LogP contribution in [-0.2, 0) is 0 Å². The van der Waals surface area contributed by atoms with Crippen molar-refractivity contribution in [3.63, 3.8) is 0 Å². The second kappa shape index (κ2) is 6.77. The maximum absolute atomic E-state index is 9.78. The van der Waals surface area contributed by atoms with E-state index in [9.17, 15) is 4.91 Å². The van der Waals surface area contributed by atoms with Gasteiger partial charge in [0.2, 0.25) is 0 Å². The van der Waals surface area contributed by atoms with Crippen molar-refractivity contribution < 1.29 is 0 Å². The van der Waals surface area contributed by atoms with Gasteiger partial charge in [-0.1, -0.05) is 28.5 Å². The molecule has 0 rings (SSSR count). The van der Waals surface area contributed by atoms with Crippen LogP contribution in [0.15, 0.2) is 28.5 Å². The van der Waals surface area contributed by atoms with Gasteiger partial charge in [-0.05, 0) is 33.6 Å². The van der Waals surface area contributed by atoms with E-state index < -0.39 is 0 Å². The molecule has 0 unspecified atom stereocenters. The molecule has 0 radical (unpaired) electrons. The number of nitroso groups, excluding NO2 is 1. The number of allylic oxidation sites excluding steroid dienone is 3. The minimum absolute atomic E-state index is 0.306. The molecule has 0 heterocycles. The van der Waals surface area contributed by atoms with Crippen molar-refractivity contribution >= 4 is 0 Å². The predicted octanol–water partition coefficient (Wildman–Crippen LogP) is 3.45. The van der Waals surface area contributed by atoms with Gasteiger partial charge < -0.3 is 0 Å². The zero-order valence-corrected chi connectivity index (χ0v) is 8.13. The van der Waals surface area contributed by atoms with Crippen LogP contribution in [-0.4, -0.2) is 6.54 Å². The van der Waals surface area contributed by atoms with Gasteiger partial charge in [0.25, 0.3) is 0 Å². The molecular formula is C10H17NO. The molecule has 68 valence electrons. The highest BCUT2D eigenvalue weighted by Gasteiger charge is 1.87. The summed E-state index contributed by atoms with van der Waals surface area (Å²) in [7, 11) is 0. The Balaban J connectivity index is 3.63. The first-order valence-corrected chi connectivity index (χ1v) is 4.25. The van der Waals surface area contributed by atoms with Crippen LogP contribution in [0.1, 0.15) is 33.6 Å². The molecule has 0 aromatic heterocycles. The lowest BCUT2D eigenvalue weighted by atomic mass is 10.1. The number of rotatable bonds is 5. The first-order chi connectivity index (χ1) is 5.66. The van der Waals surface area contributed by atoms with Crippen LogP contribution >= 0.6 is 0 Å². The molecule has 0 aromatic carbocycles. The Morgan fingerprint density at radius 1 is 1.25 bits per heavy atom. The fourth-order valence-corrected chi connectivity index (χ4v) is 0.884. The van der Waals surface area contributed by atoms with E-state index >= 15 is 0 Å². The van der Waals surface area contributed by atoms with Crippen LogP contribution in [0.5, 0.6) is 0 Å². The molecule has 0 aliphatic heterocycles. The molecule has 2 nitrogen and oxygen atoms in total. The Morgan fingerprint density at radius 3 is 2.42 bits per heavy atom. The average molecular weight is 167 g/mol. The van der Waals surface area contributed by atoms with E-state index in [2.05, 4.69) is 25.1 Å². The van der Waals surface area contributed by atoms with Gasteiger partial charge in [0, 0.05) is 0 Å². The van der Waals surface area contributed by atoms with Crippen LogP contribution in [0.3, 0.4) is 0 Å². The summed E-state index contributed by atoms with van der Waals surface area (Å²) in [5, 5.41) is 2.78. The van der Waals surface area contributed by atoms with Gasteiger partial charge in [0.15, 0.2) is 0 Å². The third-order valence-corrected chi connectivity index (χ3v) is 1.61. The van der Waals surface area contributed by atoms with Gasteiger partial charge in [0.05, 0.1) is 6.54 Å².